The van der Waals surface area contributed by atoms with Crippen LogP contribution in [0.25, 0.3) is 32.7 Å². The third-order valence-corrected chi connectivity index (χ3v) is 19.4. The minimum atomic E-state index is 0.509. The summed E-state index contributed by atoms with van der Waals surface area (Å²) in [6.07, 6.45) is 6.89. The van der Waals surface area contributed by atoms with E-state index in [1.54, 1.807) is 0 Å². The number of benzene rings is 14. The first kappa shape index (κ1) is 60.1. The first-order chi connectivity index (χ1) is 46.8. The Hall–Kier alpha value is -11.2. The van der Waals surface area contributed by atoms with Crippen LogP contribution in [-0.4, -0.2) is 0 Å². The monoisotopic (exact) mass is 1230 g/mol. The topological polar surface area (TPSA) is 13.0 Å². The van der Waals surface area contributed by atoms with Crippen molar-refractivity contribution < 1.29 is 0 Å². The highest BCUT2D eigenvalue weighted by Gasteiger charge is 2.28. The second kappa shape index (κ2) is 27.2. The van der Waals surface area contributed by atoms with Gasteiger partial charge in [-0.05, 0) is 236 Å². The standard InChI is InChI=1S/C91H78N4/c1-65-30-46-78(47-31-65)92(79-48-32-66(2)33-49-79)82-54-38-69(39-55-82)63-76-19-9-10-25-87(76)75-44-60-83(61-45-75)93(80-50-34-67(3)35-51-80)81-52-36-68(37-53-81)62-70-16-13-24-86(64-70)95(91-29-15-21-74-18-8-12-27-89(74)91)85-58-42-72(43-59-85)71-40-56-84(57-41-71)94(77-22-5-4-6-23-77)90-28-14-20-73-17-7-11-26-88(73)90/h4-8,11-18,20-24,26-61,64,76,87H,9-10,19,25,62-63H2,1-3H3. The van der Waals surface area contributed by atoms with E-state index in [2.05, 4.69) is 374 Å². The molecule has 0 aliphatic heterocycles. The van der Waals surface area contributed by atoms with Crippen LogP contribution in [0.2, 0.25) is 0 Å². The maximum absolute atomic E-state index is 2.43. The van der Waals surface area contributed by atoms with Crippen molar-refractivity contribution in [2.45, 2.75) is 65.2 Å². The average molecular weight is 1230 g/mol. The van der Waals surface area contributed by atoms with Crippen molar-refractivity contribution in [2.24, 2.45) is 5.92 Å². The molecule has 4 nitrogen and oxygen atoms in total. The van der Waals surface area contributed by atoms with Crippen molar-refractivity contribution in [2.75, 3.05) is 19.6 Å². The molecule has 0 heterocycles. The molecule has 1 aliphatic carbocycles. The van der Waals surface area contributed by atoms with Gasteiger partial charge in [-0.3, -0.25) is 0 Å². The SMILES string of the molecule is Cc1ccc(N(c2ccc(C)cc2)c2ccc(CC3CCCCC3c3ccc(N(c4ccc(C)cc4)c4ccc(Cc5cccc(N(c6ccc(-c7ccc(N(c8ccccc8)c8cccc9ccccc89)cc7)cc6)c6cccc7ccccc67)c5)cc4)cc3)cc2)cc1. The molecule has 462 valence electrons. The molecule has 0 spiro atoms. The number of para-hydroxylation sites is 1. The van der Waals surface area contributed by atoms with Gasteiger partial charge in [0.25, 0.3) is 0 Å². The van der Waals surface area contributed by atoms with E-state index in [0.717, 1.165) is 75.2 Å². The van der Waals surface area contributed by atoms with Gasteiger partial charge >= 0.3 is 0 Å². The van der Waals surface area contributed by atoms with Crippen molar-refractivity contribution in [1.29, 1.82) is 0 Å². The van der Waals surface area contributed by atoms with Crippen LogP contribution in [-0.2, 0) is 12.8 Å². The number of fused-ring (bicyclic) bond motifs is 2. The van der Waals surface area contributed by atoms with Gasteiger partial charge in [0.1, 0.15) is 0 Å². The Labute approximate surface area is 560 Å². The number of anilines is 12. The summed E-state index contributed by atoms with van der Waals surface area (Å²) < 4.78 is 0. The molecule has 1 fully saturated rings. The molecule has 0 amide bonds. The lowest BCUT2D eigenvalue weighted by atomic mass is 9.73. The molecule has 0 saturated heterocycles. The van der Waals surface area contributed by atoms with E-state index >= 15 is 0 Å². The first-order valence-electron chi connectivity index (χ1n) is 33.8. The Bertz CT molecular complexity index is 4830. The Morgan fingerprint density at radius 3 is 1.13 bits per heavy atom. The molecule has 0 aromatic heterocycles. The Kier molecular flexibility index (Phi) is 17.2. The van der Waals surface area contributed by atoms with Gasteiger partial charge in [0.2, 0.25) is 0 Å². The van der Waals surface area contributed by atoms with Crippen molar-refractivity contribution in [3.05, 3.63) is 373 Å². The zero-order chi connectivity index (χ0) is 64.0. The lowest BCUT2D eigenvalue weighted by Gasteiger charge is -2.33. The molecule has 1 aliphatic rings. The number of aryl methyl sites for hydroxylation is 3. The predicted molar refractivity (Wildman–Crippen MR) is 404 cm³/mol. The Balaban J connectivity index is 0.673. The van der Waals surface area contributed by atoms with Crippen molar-refractivity contribution in [3.63, 3.8) is 0 Å². The highest BCUT2D eigenvalue weighted by atomic mass is 15.2. The Morgan fingerprint density at radius 1 is 0.274 bits per heavy atom. The molecule has 15 rings (SSSR count). The summed E-state index contributed by atoms with van der Waals surface area (Å²) in [5.41, 5.74) is 25.1. The van der Waals surface area contributed by atoms with Gasteiger partial charge in [0, 0.05) is 67.6 Å². The van der Waals surface area contributed by atoms with Crippen LogP contribution < -0.4 is 19.6 Å². The van der Waals surface area contributed by atoms with Gasteiger partial charge in [-0.1, -0.05) is 230 Å². The molecule has 0 radical (unpaired) electrons. The lowest BCUT2D eigenvalue weighted by Crippen LogP contribution is -2.20. The van der Waals surface area contributed by atoms with Crippen LogP contribution >= 0.6 is 0 Å². The number of hydrogen-bond acceptors (Lipinski definition) is 4. The number of rotatable bonds is 18. The van der Waals surface area contributed by atoms with Crippen molar-refractivity contribution in [1.82, 2.24) is 0 Å². The predicted octanol–water partition coefficient (Wildman–Crippen LogP) is 25.6. The van der Waals surface area contributed by atoms with Crippen LogP contribution in [0, 0.1) is 26.7 Å². The maximum Gasteiger partial charge on any atom is 0.0540 e. The highest BCUT2D eigenvalue weighted by Crippen LogP contribution is 2.46. The molecule has 1 saturated carbocycles. The van der Waals surface area contributed by atoms with Crippen LogP contribution in [0.1, 0.15) is 70.5 Å². The van der Waals surface area contributed by atoms with Crippen LogP contribution in [0.4, 0.5) is 68.2 Å². The average Bonchev–Trinajstić information content (AvgIpc) is 0.814. The van der Waals surface area contributed by atoms with Crippen LogP contribution in [0.3, 0.4) is 0 Å². The minimum Gasteiger partial charge on any atom is -0.311 e. The zero-order valence-corrected chi connectivity index (χ0v) is 54.4. The van der Waals surface area contributed by atoms with Crippen molar-refractivity contribution in [3.8, 4) is 11.1 Å². The molecule has 0 bridgehead atoms. The molecule has 2 atom stereocenters. The fourth-order valence-electron chi connectivity index (χ4n) is 14.5. The van der Waals surface area contributed by atoms with E-state index in [0.29, 0.717) is 11.8 Å². The maximum atomic E-state index is 2.43. The second-order valence-corrected chi connectivity index (χ2v) is 25.9. The van der Waals surface area contributed by atoms with Crippen LogP contribution in [0.5, 0.6) is 0 Å². The summed E-state index contributed by atoms with van der Waals surface area (Å²) in [7, 11) is 0. The van der Waals surface area contributed by atoms with Gasteiger partial charge in [-0.2, -0.15) is 0 Å². The normalized spacial score (nSPS) is 13.8. The number of nitrogens with zero attached hydrogens (tertiary/aromatic N) is 4. The van der Waals surface area contributed by atoms with E-state index < -0.39 is 0 Å². The third kappa shape index (κ3) is 13.0. The van der Waals surface area contributed by atoms with Crippen LogP contribution in [0.15, 0.2) is 334 Å². The summed E-state index contributed by atoms with van der Waals surface area (Å²) in [5, 5.41) is 4.84. The highest BCUT2D eigenvalue weighted by molar-refractivity contribution is 6.00. The van der Waals surface area contributed by atoms with Gasteiger partial charge in [0.05, 0.1) is 11.4 Å². The van der Waals surface area contributed by atoms with E-state index in [1.165, 1.54) is 103 Å². The largest absolute Gasteiger partial charge is 0.311 e. The first-order valence-corrected chi connectivity index (χ1v) is 33.8. The van der Waals surface area contributed by atoms with E-state index in [1.807, 2.05) is 0 Å². The van der Waals surface area contributed by atoms with Gasteiger partial charge in [0.15, 0.2) is 0 Å². The smallest absolute Gasteiger partial charge is 0.0540 e. The van der Waals surface area contributed by atoms with Gasteiger partial charge in [-0.25, -0.2) is 0 Å². The van der Waals surface area contributed by atoms with Gasteiger partial charge in [-0.15, -0.1) is 0 Å². The molecule has 2 unspecified atom stereocenters. The Morgan fingerprint density at radius 2 is 0.632 bits per heavy atom. The quantitative estimate of drug-likeness (QED) is 0.0849. The summed E-state index contributed by atoms with van der Waals surface area (Å²) in [5.74, 6) is 1.09. The molecule has 4 heteroatoms. The van der Waals surface area contributed by atoms with E-state index in [9.17, 15) is 0 Å². The van der Waals surface area contributed by atoms with Gasteiger partial charge < -0.3 is 19.6 Å². The molecule has 95 heavy (non-hydrogen) atoms. The molecular weight excluding hydrogens is 1150 g/mol. The summed E-state index contributed by atoms with van der Waals surface area (Å²) in [6.45, 7) is 6.47. The van der Waals surface area contributed by atoms with E-state index in [-0.39, 0.29) is 0 Å². The molecular formula is C91H78N4. The molecule has 0 N–H and O–H groups in total. The summed E-state index contributed by atoms with van der Waals surface area (Å²) >= 11 is 0. The zero-order valence-electron chi connectivity index (χ0n) is 54.4. The fourth-order valence-corrected chi connectivity index (χ4v) is 14.5. The second-order valence-electron chi connectivity index (χ2n) is 25.9. The number of hydrogen-bond donors (Lipinski definition) is 0. The third-order valence-electron chi connectivity index (χ3n) is 19.4. The molecule has 14 aromatic carbocycles. The fraction of sp³-hybridized carbons (Fsp3) is 0.121. The van der Waals surface area contributed by atoms with Crippen molar-refractivity contribution >= 4 is 89.8 Å². The van der Waals surface area contributed by atoms with E-state index in [4.69, 9.17) is 0 Å². The lowest BCUT2D eigenvalue weighted by molar-refractivity contribution is 0.305. The molecule has 14 aromatic rings. The summed E-state index contributed by atoms with van der Waals surface area (Å²) in [6, 6.07) is 123. The minimum absolute atomic E-state index is 0.509. The summed E-state index contributed by atoms with van der Waals surface area (Å²) in [4.78, 5) is 9.58.